The van der Waals surface area contributed by atoms with Crippen LogP contribution in [0.4, 0.5) is 11.6 Å². The first kappa shape index (κ1) is 57.9. The second kappa shape index (κ2) is 25.2. The molecule has 5 aromatic heterocycles. The van der Waals surface area contributed by atoms with Gasteiger partial charge in [-0.1, -0.05) is 114 Å². The number of rotatable bonds is 19. The van der Waals surface area contributed by atoms with Crippen LogP contribution in [-0.4, -0.2) is 89.4 Å². The molecule has 9 aromatic rings. The van der Waals surface area contributed by atoms with Gasteiger partial charge < -0.3 is 18.9 Å². The second-order valence-electron chi connectivity index (χ2n) is 19.6. The Morgan fingerprint density at radius 1 is 0.557 bits per heavy atom. The standard InChI is InChI=1S/C29H29N5O4S3.C27H28BrN5O4S/c1-29(2,3)20-9-11-22(12-10-20)41(35,36)34-26-25(24-15-19-7-5-6-8-23(19)40-24)27(33-18-32-26)37-13-14-38-28-30-16-21(39-4)17-31-28;1-18-5-7-19(8-6-18)23-24(33-38(34,35)22-11-9-20(10-12-22)27(2,3)4)31-17-32-25(23)36-13-14-37-26-29-15-21(28)16-30-26/h5-12,15-18H,13-14H2,1-4H3,(H,32,33,34);5-12,15-17H,13-14H2,1-4H3,(H,31,32,33). The monoisotopic (exact) mass is 1200 g/mol. The van der Waals surface area contributed by atoms with Gasteiger partial charge in [0.05, 0.1) is 25.4 Å². The van der Waals surface area contributed by atoms with Gasteiger partial charge in [-0.05, 0) is 98.4 Å². The molecule has 410 valence electrons. The van der Waals surface area contributed by atoms with Crippen LogP contribution in [0.3, 0.4) is 0 Å². The summed E-state index contributed by atoms with van der Waals surface area (Å²) < 4.78 is 83.6. The molecular weight excluding hydrogens is 1150 g/mol. The molecule has 0 saturated heterocycles. The van der Waals surface area contributed by atoms with Crippen molar-refractivity contribution in [2.24, 2.45) is 0 Å². The van der Waals surface area contributed by atoms with Crippen molar-refractivity contribution in [1.82, 2.24) is 39.9 Å². The van der Waals surface area contributed by atoms with Crippen molar-refractivity contribution in [3.63, 3.8) is 0 Å². The van der Waals surface area contributed by atoms with Crippen molar-refractivity contribution in [3.05, 3.63) is 162 Å². The largest absolute Gasteiger partial charge is 0.473 e. The van der Waals surface area contributed by atoms with E-state index in [-0.39, 0.29) is 82.5 Å². The predicted octanol–water partition coefficient (Wildman–Crippen LogP) is 12.0. The molecule has 0 bridgehead atoms. The SMILES string of the molecule is CSc1cnc(OCCOc2ncnc(NS(=O)(=O)c3ccc(C(C)(C)C)cc3)c2-c2cc3ccccc3s2)nc1.Cc1ccc(-c2c(NS(=O)(=O)c3ccc(C(C)(C)C)cc3)ncnc2OCCOc2ncc(Br)cn2)cc1. The summed E-state index contributed by atoms with van der Waals surface area (Å²) in [6.07, 6.45) is 11.0. The molecule has 0 aliphatic heterocycles. The minimum absolute atomic E-state index is 0.0968. The van der Waals surface area contributed by atoms with Crippen LogP contribution in [-0.2, 0) is 30.9 Å². The first-order valence-electron chi connectivity index (χ1n) is 24.5. The quantitative estimate of drug-likeness (QED) is 0.0566. The van der Waals surface area contributed by atoms with Crippen LogP contribution in [0.25, 0.3) is 31.7 Å². The summed E-state index contributed by atoms with van der Waals surface area (Å²) in [5.74, 6) is 0.675. The van der Waals surface area contributed by atoms with E-state index in [1.165, 1.54) is 24.0 Å². The molecule has 23 heteroatoms. The molecular formula is C56H57BrN10O8S4. The summed E-state index contributed by atoms with van der Waals surface area (Å²) in [6.45, 7) is 15.0. The molecule has 0 radical (unpaired) electrons. The molecule has 0 saturated carbocycles. The first-order valence-corrected chi connectivity index (χ1v) is 30.3. The lowest BCUT2D eigenvalue weighted by atomic mass is 9.87. The summed E-state index contributed by atoms with van der Waals surface area (Å²) in [7, 11) is -7.89. The molecule has 4 aromatic carbocycles. The summed E-state index contributed by atoms with van der Waals surface area (Å²) in [4.78, 5) is 35.6. The fourth-order valence-electron chi connectivity index (χ4n) is 7.46. The number of fused-ring (bicyclic) bond motifs is 1. The van der Waals surface area contributed by atoms with Crippen LogP contribution >= 0.6 is 39.0 Å². The topological polar surface area (TPSA) is 232 Å². The van der Waals surface area contributed by atoms with Crippen molar-refractivity contribution in [1.29, 1.82) is 0 Å². The van der Waals surface area contributed by atoms with E-state index in [2.05, 4.69) is 107 Å². The highest BCUT2D eigenvalue weighted by Gasteiger charge is 2.26. The number of hydrogen-bond acceptors (Lipinski definition) is 18. The average Bonchev–Trinajstić information content (AvgIpc) is 3.88. The van der Waals surface area contributed by atoms with Crippen LogP contribution in [0.5, 0.6) is 23.8 Å². The summed E-state index contributed by atoms with van der Waals surface area (Å²) in [5.41, 5.74) is 4.49. The molecule has 0 atom stereocenters. The zero-order valence-corrected chi connectivity index (χ0v) is 49.3. The van der Waals surface area contributed by atoms with E-state index >= 15 is 0 Å². The minimum Gasteiger partial charge on any atom is -0.473 e. The third-order valence-electron chi connectivity index (χ3n) is 11.7. The number of thiophene rings is 1. The van der Waals surface area contributed by atoms with Gasteiger partial charge in [-0.15, -0.1) is 23.1 Å². The maximum Gasteiger partial charge on any atom is 0.316 e. The smallest absolute Gasteiger partial charge is 0.316 e. The van der Waals surface area contributed by atoms with Crippen LogP contribution in [0.2, 0.25) is 0 Å². The summed E-state index contributed by atoms with van der Waals surface area (Å²) in [6, 6.07) is 31.6. The molecule has 0 spiro atoms. The van der Waals surface area contributed by atoms with E-state index in [4.69, 9.17) is 18.9 Å². The normalized spacial score (nSPS) is 11.8. The Balaban J connectivity index is 0.000000209. The lowest BCUT2D eigenvalue weighted by molar-refractivity contribution is 0.201. The van der Waals surface area contributed by atoms with E-state index in [0.29, 0.717) is 16.7 Å². The van der Waals surface area contributed by atoms with Crippen molar-refractivity contribution in [3.8, 4) is 45.3 Å². The van der Waals surface area contributed by atoms with E-state index in [9.17, 15) is 16.8 Å². The lowest BCUT2D eigenvalue weighted by Crippen LogP contribution is -2.17. The number of aryl methyl sites for hydroxylation is 1. The number of hydrogen-bond donors (Lipinski definition) is 2. The highest BCUT2D eigenvalue weighted by molar-refractivity contribution is 9.10. The molecule has 18 nitrogen and oxygen atoms in total. The Morgan fingerprint density at radius 3 is 1.49 bits per heavy atom. The van der Waals surface area contributed by atoms with Crippen LogP contribution in [0, 0.1) is 6.92 Å². The maximum atomic E-state index is 13.4. The van der Waals surface area contributed by atoms with Gasteiger partial charge in [0.15, 0.2) is 11.6 Å². The Kier molecular flexibility index (Phi) is 18.5. The number of anilines is 2. The number of aromatic nitrogens is 8. The minimum atomic E-state index is -3.95. The van der Waals surface area contributed by atoms with E-state index < -0.39 is 20.0 Å². The van der Waals surface area contributed by atoms with Crippen LogP contribution < -0.4 is 28.4 Å². The van der Waals surface area contributed by atoms with Gasteiger partial charge in [-0.2, -0.15) is 0 Å². The fourth-order valence-corrected chi connectivity index (χ4v) is 11.1. The zero-order valence-electron chi connectivity index (χ0n) is 44.5. The highest BCUT2D eigenvalue weighted by Crippen LogP contribution is 2.42. The number of halogens is 1. The third kappa shape index (κ3) is 15.3. The van der Waals surface area contributed by atoms with Gasteiger partial charge in [-0.25, -0.2) is 56.7 Å². The maximum absolute atomic E-state index is 13.4. The van der Waals surface area contributed by atoms with Crippen LogP contribution in [0.15, 0.2) is 160 Å². The van der Waals surface area contributed by atoms with Gasteiger partial charge >= 0.3 is 12.0 Å². The van der Waals surface area contributed by atoms with Crippen molar-refractivity contribution in [2.75, 3.05) is 42.1 Å². The number of benzene rings is 4. The third-order valence-corrected chi connectivity index (χ3v) is 16.6. The second-order valence-corrected chi connectivity index (χ2v) is 25.8. The van der Waals surface area contributed by atoms with Gasteiger partial charge in [-0.3, -0.25) is 9.44 Å². The molecule has 0 aliphatic carbocycles. The molecule has 0 unspecified atom stereocenters. The molecule has 9 rings (SSSR count). The molecule has 0 fully saturated rings. The Hall–Kier alpha value is -7.31. The van der Waals surface area contributed by atoms with Gasteiger partial charge in [0.25, 0.3) is 20.0 Å². The van der Waals surface area contributed by atoms with Crippen molar-refractivity contribution in [2.45, 2.75) is 74.0 Å². The highest BCUT2D eigenvalue weighted by atomic mass is 79.9. The molecule has 79 heavy (non-hydrogen) atoms. The number of ether oxygens (including phenoxy) is 4. The van der Waals surface area contributed by atoms with E-state index in [1.54, 1.807) is 60.8 Å². The Bertz CT molecular complexity index is 3700. The number of thioether (sulfide) groups is 1. The van der Waals surface area contributed by atoms with Gasteiger partial charge in [0.2, 0.25) is 11.8 Å². The van der Waals surface area contributed by atoms with Gasteiger partial charge in [0, 0.05) is 39.3 Å². The van der Waals surface area contributed by atoms with Crippen LogP contribution in [0.1, 0.15) is 58.2 Å². The summed E-state index contributed by atoms with van der Waals surface area (Å²) in [5, 5.41) is 1.02. The fraction of sp³-hybridized carbons (Fsp3) is 0.250. The van der Waals surface area contributed by atoms with Crippen molar-refractivity contribution >= 4 is 80.8 Å². The van der Waals surface area contributed by atoms with E-state index in [0.717, 1.165) is 41.0 Å². The first-order chi connectivity index (χ1) is 37.7. The van der Waals surface area contributed by atoms with Gasteiger partial charge in [0.1, 0.15) is 39.1 Å². The molecule has 2 N–H and O–H groups in total. The predicted molar refractivity (Wildman–Crippen MR) is 312 cm³/mol. The summed E-state index contributed by atoms with van der Waals surface area (Å²) >= 11 is 6.32. The molecule has 5 heterocycles. The Labute approximate surface area is 476 Å². The molecule has 0 amide bonds. The number of nitrogens with zero attached hydrogens (tertiary/aromatic N) is 8. The lowest BCUT2D eigenvalue weighted by Gasteiger charge is -2.19. The van der Waals surface area contributed by atoms with E-state index in [1.807, 2.05) is 92.0 Å². The molecule has 0 aliphatic rings. The average molecular weight is 1210 g/mol. The van der Waals surface area contributed by atoms with Crippen molar-refractivity contribution < 1.29 is 35.8 Å². The Morgan fingerprint density at radius 2 is 1.01 bits per heavy atom. The number of nitrogens with one attached hydrogen (secondary N) is 2. The zero-order chi connectivity index (χ0) is 56.4. The number of sulfonamides is 2.